The van der Waals surface area contributed by atoms with Crippen molar-refractivity contribution in [2.24, 2.45) is 0 Å². The highest BCUT2D eigenvalue weighted by atomic mass is 79.9. The lowest BCUT2D eigenvalue weighted by molar-refractivity contribution is -0.115. The molecule has 0 radical (unpaired) electrons. The van der Waals surface area contributed by atoms with Gasteiger partial charge >= 0.3 is 0 Å². The molecule has 2 aromatic carbocycles. The molecule has 0 aromatic heterocycles. The van der Waals surface area contributed by atoms with Crippen LogP contribution in [0.2, 0.25) is 0 Å². The molecular formula is C18H21BrN2OS. The fourth-order valence-electron chi connectivity index (χ4n) is 2.06. The highest BCUT2D eigenvalue weighted by Gasteiger charge is 2.15. The lowest BCUT2D eigenvalue weighted by Crippen LogP contribution is -2.24. The average Bonchev–Trinajstić information content (AvgIpc) is 2.56. The lowest BCUT2D eigenvalue weighted by Gasteiger charge is -2.15. The zero-order valence-electron chi connectivity index (χ0n) is 13.3. The van der Waals surface area contributed by atoms with Crippen molar-refractivity contribution in [3.63, 3.8) is 0 Å². The van der Waals surface area contributed by atoms with E-state index in [9.17, 15) is 4.79 Å². The number of hydrogen-bond donors (Lipinski definition) is 2. The number of rotatable bonds is 7. The summed E-state index contributed by atoms with van der Waals surface area (Å²) in [5.74, 6) is 0.0156. The third kappa shape index (κ3) is 5.68. The van der Waals surface area contributed by atoms with Gasteiger partial charge in [0.1, 0.15) is 0 Å². The largest absolute Gasteiger partial charge is 0.325 e. The van der Waals surface area contributed by atoms with Crippen LogP contribution in [0.1, 0.15) is 19.4 Å². The van der Waals surface area contributed by atoms with Crippen LogP contribution >= 0.6 is 27.7 Å². The summed E-state index contributed by atoms with van der Waals surface area (Å²) in [6, 6.07) is 15.9. The first-order valence-electron chi connectivity index (χ1n) is 7.62. The zero-order chi connectivity index (χ0) is 16.7. The van der Waals surface area contributed by atoms with Gasteiger partial charge in [0.15, 0.2) is 0 Å². The van der Waals surface area contributed by atoms with Crippen LogP contribution in [-0.2, 0) is 11.3 Å². The molecule has 0 aliphatic carbocycles. The molecule has 0 aliphatic rings. The summed E-state index contributed by atoms with van der Waals surface area (Å²) in [6.45, 7) is 5.65. The molecule has 2 aromatic rings. The van der Waals surface area contributed by atoms with Gasteiger partial charge in [0.2, 0.25) is 5.91 Å². The van der Waals surface area contributed by atoms with Crippen LogP contribution in [0.15, 0.2) is 57.9 Å². The molecule has 0 saturated carbocycles. The molecular weight excluding hydrogens is 372 g/mol. The third-order valence-corrected chi connectivity index (χ3v) is 4.98. The first-order valence-corrected chi connectivity index (χ1v) is 9.29. The molecule has 0 bridgehead atoms. The van der Waals surface area contributed by atoms with Crippen LogP contribution in [0.4, 0.5) is 5.69 Å². The van der Waals surface area contributed by atoms with E-state index in [0.29, 0.717) is 0 Å². The minimum Gasteiger partial charge on any atom is -0.325 e. The Morgan fingerprint density at radius 2 is 1.87 bits per heavy atom. The van der Waals surface area contributed by atoms with E-state index in [1.54, 1.807) is 11.8 Å². The Labute approximate surface area is 150 Å². The van der Waals surface area contributed by atoms with Crippen molar-refractivity contribution in [1.82, 2.24) is 5.32 Å². The smallest absolute Gasteiger partial charge is 0.237 e. The molecule has 0 spiro atoms. The van der Waals surface area contributed by atoms with Crippen molar-refractivity contribution in [2.45, 2.75) is 30.5 Å². The standard InChI is InChI=1S/C18H21BrN2OS/c1-3-20-12-14-6-4-5-7-17(14)21-18(22)13(2)23-16-10-8-15(19)9-11-16/h4-11,13,20H,3,12H2,1-2H3,(H,21,22). The second-order valence-electron chi connectivity index (χ2n) is 5.14. The SMILES string of the molecule is CCNCc1ccccc1NC(=O)C(C)Sc1ccc(Br)cc1. The van der Waals surface area contributed by atoms with Gasteiger partial charge in [0, 0.05) is 21.6 Å². The van der Waals surface area contributed by atoms with Gasteiger partial charge in [0.05, 0.1) is 5.25 Å². The maximum absolute atomic E-state index is 12.4. The number of amides is 1. The summed E-state index contributed by atoms with van der Waals surface area (Å²) < 4.78 is 1.04. The summed E-state index contributed by atoms with van der Waals surface area (Å²) >= 11 is 4.97. The number of carbonyl (C=O) groups excluding carboxylic acids is 1. The van der Waals surface area contributed by atoms with Crippen molar-refractivity contribution in [3.8, 4) is 0 Å². The monoisotopic (exact) mass is 392 g/mol. The summed E-state index contributed by atoms with van der Waals surface area (Å²) in [5, 5.41) is 6.17. The molecule has 1 amide bonds. The molecule has 0 aliphatic heterocycles. The summed E-state index contributed by atoms with van der Waals surface area (Å²) in [7, 11) is 0. The Hall–Kier alpha value is -1.30. The van der Waals surface area contributed by atoms with E-state index in [1.807, 2.05) is 55.5 Å². The van der Waals surface area contributed by atoms with E-state index in [4.69, 9.17) is 0 Å². The van der Waals surface area contributed by atoms with Crippen LogP contribution in [0.5, 0.6) is 0 Å². The Morgan fingerprint density at radius 3 is 2.57 bits per heavy atom. The number of para-hydroxylation sites is 1. The van der Waals surface area contributed by atoms with Gasteiger partial charge in [-0.3, -0.25) is 4.79 Å². The van der Waals surface area contributed by atoms with E-state index in [0.717, 1.165) is 33.7 Å². The Bertz CT molecular complexity index is 646. The number of carbonyl (C=O) groups is 1. The summed E-state index contributed by atoms with van der Waals surface area (Å²) in [5.41, 5.74) is 1.98. The zero-order valence-corrected chi connectivity index (χ0v) is 15.7. The highest BCUT2D eigenvalue weighted by Crippen LogP contribution is 2.26. The van der Waals surface area contributed by atoms with E-state index >= 15 is 0 Å². The highest BCUT2D eigenvalue weighted by molar-refractivity contribution is 9.10. The Morgan fingerprint density at radius 1 is 1.17 bits per heavy atom. The number of hydrogen-bond acceptors (Lipinski definition) is 3. The predicted octanol–water partition coefficient (Wildman–Crippen LogP) is 4.68. The van der Waals surface area contributed by atoms with Crippen molar-refractivity contribution in [1.29, 1.82) is 0 Å². The van der Waals surface area contributed by atoms with Crippen LogP contribution in [0.25, 0.3) is 0 Å². The van der Waals surface area contributed by atoms with Crippen molar-refractivity contribution >= 4 is 39.3 Å². The van der Waals surface area contributed by atoms with E-state index in [-0.39, 0.29) is 11.2 Å². The minimum absolute atomic E-state index is 0.0156. The fraction of sp³-hybridized carbons (Fsp3) is 0.278. The summed E-state index contributed by atoms with van der Waals surface area (Å²) in [6.07, 6.45) is 0. The van der Waals surface area contributed by atoms with Crippen LogP contribution in [0, 0.1) is 0 Å². The normalized spacial score (nSPS) is 12.0. The first kappa shape index (κ1) is 18.0. The third-order valence-electron chi connectivity index (χ3n) is 3.34. The Balaban J connectivity index is 1.99. The number of anilines is 1. The molecule has 23 heavy (non-hydrogen) atoms. The van der Waals surface area contributed by atoms with Crippen LogP contribution in [0.3, 0.4) is 0 Å². The maximum Gasteiger partial charge on any atom is 0.237 e. The minimum atomic E-state index is -0.164. The Kier molecular flexibility index (Phi) is 7.15. The van der Waals surface area contributed by atoms with Gasteiger partial charge in [-0.15, -0.1) is 11.8 Å². The number of benzene rings is 2. The van der Waals surface area contributed by atoms with Gasteiger partial charge in [-0.2, -0.15) is 0 Å². The molecule has 0 saturated heterocycles. The van der Waals surface area contributed by atoms with E-state index < -0.39 is 0 Å². The van der Waals surface area contributed by atoms with Gasteiger partial charge in [0.25, 0.3) is 0 Å². The van der Waals surface area contributed by atoms with Crippen molar-refractivity contribution < 1.29 is 4.79 Å². The molecule has 2 rings (SSSR count). The van der Waals surface area contributed by atoms with E-state index in [1.165, 1.54) is 0 Å². The van der Waals surface area contributed by atoms with Crippen molar-refractivity contribution in [2.75, 3.05) is 11.9 Å². The molecule has 0 heterocycles. The molecule has 5 heteroatoms. The van der Waals surface area contributed by atoms with Crippen LogP contribution < -0.4 is 10.6 Å². The molecule has 0 fully saturated rings. The average molecular weight is 393 g/mol. The van der Waals surface area contributed by atoms with Gasteiger partial charge in [-0.25, -0.2) is 0 Å². The first-order chi connectivity index (χ1) is 11.1. The maximum atomic E-state index is 12.4. The van der Waals surface area contributed by atoms with Crippen molar-refractivity contribution in [3.05, 3.63) is 58.6 Å². The predicted molar refractivity (Wildman–Crippen MR) is 102 cm³/mol. The number of thioether (sulfide) groups is 1. The number of halogens is 1. The van der Waals surface area contributed by atoms with Gasteiger partial charge < -0.3 is 10.6 Å². The molecule has 3 nitrogen and oxygen atoms in total. The van der Waals surface area contributed by atoms with E-state index in [2.05, 4.69) is 33.5 Å². The second-order valence-corrected chi connectivity index (χ2v) is 7.47. The van der Waals surface area contributed by atoms with Gasteiger partial charge in [-0.1, -0.05) is 41.1 Å². The molecule has 122 valence electrons. The van der Waals surface area contributed by atoms with Gasteiger partial charge in [-0.05, 0) is 49.4 Å². The summed E-state index contributed by atoms with van der Waals surface area (Å²) in [4.78, 5) is 13.5. The molecule has 2 N–H and O–H groups in total. The lowest BCUT2D eigenvalue weighted by atomic mass is 10.1. The quantitative estimate of drug-likeness (QED) is 0.672. The molecule has 1 atom stereocenters. The topological polar surface area (TPSA) is 41.1 Å². The number of nitrogens with one attached hydrogen (secondary N) is 2. The molecule has 1 unspecified atom stereocenters. The second kappa shape index (κ2) is 9.11. The van der Waals surface area contributed by atoms with Crippen LogP contribution in [-0.4, -0.2) is 17.7 Å². The fourth-order valence-corrected chi connectivity index (χ4v) is 3.19.